The van der Waals surface area contributed by atoms with E-state index in [9.17, 15) is 5.11 Å². The summed E-state index contributed by atoms with van der Waals surface area (Å²) < 4.78 is 5.06. The maximum absolute atomic E-state index is 10.4. The van der Waals surface area contributed by atoms with E-state index in [1.165, 1.54) is 6.33 Å². The molecule has 0 radical (unpaired) electrons. The van der Waals surface area contributed by atoms with E-state index in [2.05, 4.69) is 37.7 Å². The van der Waals surface area contributed by atoms with Crippen LogP contribution in [0.25, 0.3) is 0 Å². The SMILES string of the molecule is COc1cc(CC(O)C2C(C)(C)C2(C)C)ncn1. The predicted octanol–water partition coefficient (Wildman–Crippen LogP) is 2.07. The molecule has 0 spiro atoms. The molecule has 0 aliphatic heterocycles. The summed E-state index contributed by atoms with van der Waals surface area (Å²) in [7, 11) is 1.58. The fourth-order valence-corrected chi connectivity index (χ4v) is 3.14. The van der Waals surface area contributed by atoms with E-state index in [4.69, 9.17) is 4.74 Å². The number of methoxy groups -OCH3 is 1. The van der Waals surface area contributed by atoms with Gasteiger partial charge in [-0.05, 0) is 16.7 Å². The maximum Gasteiger partial charge on any atom is 0.216 e. The van der Waals surface area contributed by atoms with E-state index >= 15 is 0 Å². The third kappa shape index (κ3) is 1.99. The molecule has 0 amide bonds. The first-order chi connectivity index (χ1) is 8.30. The first-order valence-corrected chi connectivity index (χ1v) is 6.33. The zero-order valence-electron chi connectivity index (χ0n) is 11.8. The lowest BCUT2D eigenvalue weighted by Crippen LogP contribution is -2.18. The number of aliphatic hydroxyl groups excluding tert-OH is 1. The second-order valence-electron chi connectivity index (χ2n) is 6.24. The average Bonchev–Trinajstić information content (AvgIpc) is 2.69. The standard InChI is InChI=1S/C14H22N2O2/c1-13(2)12(14(13,3)4)10(17)6-9-7-11(18-5)16-8-15-9/h7-8,10,12,17H,6H2,1-5H3. The van der Waals surface area contributed by atoms with E-state index in [-0.39, 0.29) is 16.9 Å². The molecule has 1 aliphatic carbocycles. The number of aromatic nitrogens is 2. The van der Waals surface area contributed by atoms with Crippen molar-refractivity contribution in [3.8, 4) is 5.88 Å². The van der Waals surface area contributed by atoms with Crippen molar-refractivity contribution in [3.63, 3.8) is 0 Å². The van der Waals surface area contributed by atoms with Crippen LogP contribution in [0.1, 0.15) is 33.4 Å². The summed E-state index contributed by atoms with van der Waals surface area (Å²) in [6.45, 7) is 8.84. The summed E-state index contributed by atoms with van der Waals surface area (Å²) >= 11 is 0. The van der Waals surface area contributed by atoms with Crippen molar-refractivity contribution in [1.82, 2.24) is 9.97 Å². The van der Waals surface area contributed by atoms with Crippen LogP contribution in [0.3, 0.4) is 0 Å². The van der Waals surface area contributed by atoms with Crippen LogP contribution in [-0.2, 0) is 6.42 Å². The molecule has 1 N–H and O–H groups in total. The molecule has 1 saturated carbocycles. The molecule has 1 aliphatic rings. The van der Waals surface area contributed by atoms with Crippen molar-refractivity contribution < 1.29 is 9.84 Å². The van der Waals surface area contributed by atoms with Crippen molar-refractivity contribution in [1.29, 1.82) is 0 Å². The molecular formula is C14H22N2O2. The zero-order chi connectivity index (χ0) is 13.6. The molecule has 1 aromatic rings. The van der Waals surface area contributed by atoms with Crippen LogP contribution in [-0.4, -0.2) is 28.3 Å². The summed E-state index contributed by atoms with van der Waals surface area (Å²) in [6.07, 6.45) is 1.66. The minimum atomic E-state index is -0.366. The highest BCUT2D eigenvalue weighted by atomic mass is 16.5. The van der Waals surface area contributed by atoms with E-state index in [1.54, 1.807) is 13.2 Å². The number of ether oxygens (including phenoxy) is 1. The summed E-state index contributed by atoms with van der Waals surface area (Å²) in [5.41, 5.74) is 1.19. The summed E-state index contributed by atoms with van der Waals surface area (Å²) in [4.78, 5) is 8.15. The Morgan fingerprint density at radius 3 is 2.39 bits per heavy atom. The Hall–Kier alpha value is -1.16. The van der Waals surface area contributed by atoms with Gasteiger partial charge in [-0.25, -0.2) is 9.97 Å². The number of hydrogen-bond donors (Lipinski definition) is 1. The van der Waals surface area contributed by atoms with E-state index in [1.807, 2.05) is 0 Å². The number of hydrogen-bond acceptors (Lipinski definition) is 4. The molecular weight excluding hydrogens is 228 g/mol. The van der Waals surface area contributed by atoms with Gasteiger partial charge in [-0.2, -0.15) is 0 Å². The average molecular weight is 250 g/mol. The highest BCUT2D eigenvalue weighted by Crippen LogP contribution is 2.69. The van der Waals surface area contributed by atoms with Crippen LogP contribution < -0.4 is 4.74 Å². The maximum atomic E-state index is 10.4. The quantitative estimate of drug-likeness (QED) is 0.888. The van der Waals surface area contributed by atoms with Gasteiger partial charge in [-0.3, -0.25) is 0 Å². The number of rotatable bonds is 4. The molecule has 1 fully saturated rings. The van der Waals surface area contributed by atoms with Crippen LogP contribution >= 0.6 is 0 Å². The van der Waals surface area contributed by atoms with Gasteiger partial charge in [0.15, 0.2) is 0 Å². The van der Waals surface area contributed by atoms with Crippen LogP contribution in [0.5, 0.6) is 5.88 Å². The van der Waals surface area contributed by atoms with Gasteiger partial charge in [0.2, 0.25) is 5.88 Å². The largest absolute Gasteiger partial charge is 0.481 e. The lowest BCUT2D eigenvalue weighted by atomic mass is 10.0. The Balaban J connectivity index is 2.06. The molecule has 1 heterocycles. The minimum absolute atomic E-state index is 0.184. The zero-order valence-corrected chi connectivity index (χ0v) is 11.8. The van der Waals surface area contributed by atoms with E-state index < -0.39 is 0 Å². The highest BCUT2D eigenvalue weighted by Gasteiger charge is 2.66. The van der Waals surface area contributed by atoms with E-state index in [0.29, 0.717) is 18.2 Å². The fourth-order valence-electron chi connectivity index (χ4n) is 3.14. The molecule has 0 aromatic carbocycles. The Morgan fingerprint density at radius 2 is 1.89 bits per heavy atom. The summed E-state index contributed by atoms with van der Waals surface area (Å²) in [5, 5.41) is 10.4. The monoisotopic (exact) mass is 250 g/mol. The molecule has 1 unspecified atom stereocenters. The fraction of sp³-hybridized carbons (Fsp3) is 0.714. The van der Waals surface area contributed by atoms with Gasteiger partial charge in [-0.1, -0.05) is 27.7 Å². The van der Waals surface area contributed by atoms with Gasteiger partial charge in [0, 0.05) is 12.5 Å². The minimum Gasteiger partial charge on any atom is -0.481 e. The van der Waals surface area contributed by atoms with Gasteiger partial charge in [0.1, 0.15) is 6.33 Å². The van der Waals surface area contributed by atoms with Gasteiger partial charge in [0.05, 0.1) is 18.9 Å². The van der Waals surface area contributed by atoms with Crippen molar-refractivity contribution in [3.05, 3.63) is 18.1 Å². The second-order valence-corrected chi connectivity index (χ2v) is 6.24. The van der Waals surface area contributed by atoms with Crippen LogP contribution in [0.15, 0.2) is 12.4 Å². The smallest absolute Gasteiger partial charge is 0.216 e. The van der Waals surface area contributed by atoms with Gasteiger partial charge in [0.25, 0.3) is 0 Å². The van der Waals surface area contributed by atoms with Gasteiger partial charge in [-0.15, -0.1) is 0 Å². The van der Waals surface area contributed by atoms with Crippen molar-refractivity contribution in [2.24, 2.45) is 16.7 Å². The van der Waals surface area contributed by atoms with Crippen molar-refractivity contribution in [2.75, 3.05) is 7.11 Å². The Kier molecular flexibility index (Phi) is 3.09. The van der Waals surface area contributed by atoms with Crippen molar-refractivity contribution >= 4 is 0 Å². The molecule has 0 bridgehead atoms. The lowest BCUT2D eigenvalue weighted by molar-refractivity contribution is 0.128. The van der Waals surface area contributed by atoms with Crippen LogP contribution in [0.4, 0.5) is 0 Å². The third-order valence-electron chi connectivity index (χ3n) is 4.84. The number of nitrogens with zero attached hydrogens (tertiary/aromatic N) is 2. The second kappa shape index (κ2) is 4.19. The number of aliphatic hydroxyl groups is 1. The normalized spacial score (nSPS) is 22.6. The Morgan fingerprint density at radius 1 is 1.28 bits per heavy atom. The molecule has 1 atom stereocenters. The highest BCUT2D eigenvalue weighted by molar-refractivity contribution is 5.19. The topological polar surface area (TPSA) is 55.2 Å². The predicted molar refractivity (Wildman–Crippen MR) is 69.3 cm³/mol. The Labute approximate surface area is 108 Å². The Bertz CT molecular complexity index is 429. The van der Waals surface area contributed by atoms with Gasteiger partial charge >= 0.3 is 0 Å². The third-order valence-corrected chi connectivity index (χ3v) is 4.84. The molecule has 1 aromatic heterocycles. The first kappa shape index (κ1) is 13.3. The molecule has 100 valence electrons. The summed E-state index contributed by atoms with van der Waals surface area (Å²) in [6, 6.07) is 1.78. The molecule has 4 nitrogen and oxygen atoms in total. The molecule has 18 heavy (non-hydrogen) atoms. The lowest BCUT2D eigenvalue weighted by Gasteiger charge is -2.12. The van der Waals surface area contributed by atoms with Crippen LogP contribution in [0, 0.1) is 16.7 Å². The molecule has 0 saturated heterocycles. The van der Waals surface area contributed by atoms with Crippen LogP contribution in [0.2, 0.25) is 0 Å². The first-order valence-electron chi connectivity index (χ1n) is 6.33. The molecule has 2 rings (SSSR count). The molecule has 4 heteroatoms. The summed E-state index contributed by atoms with van der Waals surface area (Å²) in [5.74, 6) is 0.854. The van der Waals surface area contributed by atoms with Gasteiger partial charge < -0.3 is 9.84 Å². The van der Waals surface area contributed by atoms with Crippen molar-refractivity contribution in [2.45, 2.75) is 40.2 Å². The van der Waals surface area contributed by atoms with E-state index in [0.717, 1.165) is 5.69 Å².